The first-order valence-electron chi connectivity index (χ1n) is 3.98. The van der Waals surface area contributed by atoms with E-state index in [9.17, 15) is 9.13 Å². The number of rotatable bonds is 4. The van der Waals surface area contributed by atoms with Crippen molar-refractivity contribution in [2.45, 2.75) is 12.4 Å². The Kier molecular flexibility index (Phi) is 4.04. The zero-order valence-corrected chi connectivity index (χ0v) is 10.7. The van der Waals surface area contributed by atoms with Gasteiger partial charge in [0.05, 0.1) is 5.69 Å². The average Bonchev–Trinajstić information content (AvgIpc) is 2.43. The molecule has 0 aromatic carbocycles. The van der Waals surface area contributed by atoms with Crippen LogP contribution in [0, 0.1) is 6.92 Å². The van der Waals surface area contributed by atoms with E-state index in [1.807, 2.05) is 0 Å². The van der Waals surface area contributed by atoms with Gasteiger partial charge in [0.15, 0.2) is 0 Å². The summed E-state index contributed by atoms with van der Waals surface area (Å²) < 4.78 is 21.9. The molecule has 0 bridgehead atoms. The van der Waals surface area contributed by atoms with Crippen molar-refractivity contribution in [3.8, 4) is 0 Å². The van der Waals surface area contributed by atoms with Crippen LogP contribution in [0.15, 0.2) is 5.38 Å². The molecule has 0 radical (unpaired) electrons. The van der Waals surface area contributed by atoms with Crippen LogP contribution in [0.5, 0.6) is 0 Å². The Labute approximate surface area is 94.7 Å². The van der Waals surface area contributed by atoms with E-state index in [2.05, 4.69) is 4.98 Å². The lowest BCUT2D eigenvalue weighted by atomic mass is 10.6. The Morgan fingerprint density at radius 2 is 1.81 bits per heavy atom. The predicted octanol–water partition coefficient (Wildman–Crippen LogP) is -0.715. The van der Waals surface area contributed by atoms with E-state index >= 15 is 0 Å². The van der Waals surface area contributed by atoms with Crippen LogP contribution in [0.3, 0.4) is 0 Å². The summed E-state index contributed by atoms with van der Waals surface area (Å²) in [5, 5.41) is 2.61. The van der Waals surface area contributed by atoms with Crippen LogP contribution >= 0.6 is 26.5 Å². The van der Waals surface area contributed by atoms with E-state index in [1.54, 1.807) is 12.3 Å². The maximum Gasteiger partial charge on any atom is 0.395 e. The highest BCUT2D eigenvalue weighted by molar-refractivity contribution is 7.70. The zero-order valence-electron chi connectivity index (χ0n) is 8.09. The van der Waals surface area contributed by atoms with Crippen molar-refractivity contribution in [2.24, 2.45) is 0 Å². The summed E-state index contributed by atoms with van der Waals surface area (Å²) in [6.07, 6.45) is 0. The lowest BCUT2D eigenvalue weighted by Crippen LogP contribution is -2.83. The lowest BCUT2D eigenvalue weighted by molar-refractivity contribution is -0.572. The first kappa shape index (κ1) is 14.0. The number of nitrogens with two attached hydrogens (primary N) is 1. The number of hydrogen-bond donors (Lipinski definition) is 5. The molecule has 0 fully saturated rings. The van der Waals surface area contributed by atoms with E-state index in [4.69, 9.17) is 19.6 Å². The summed E-state index contributed by atoms with van der Waals surface area (Å²) in [4.78, 5) is 39.2. The Morgan fingerprint density at radius 1 is 1.31 bits per heavy atom. The van der Waals surface area contributed by atoms with Gasteiger partial charge in [-0.3, -0.25) is 14.4 Å². The zero-order chi connectivity index (χ0) is 12.6. The average molecular weight is 289 g/mol. The van der Waals surface area contributed by atoms with Crippen LogP contribution in [-0.2, 0) is 9.13 Å². The monoisotopic (exact) mass is 289 g/mol. The molecule has 0 saturated carbocycles. The third-order valence-corrected chi connectivity index (χ3v) is 6.03. The molecule has 0 atom stereocenters. The molecule has 1 aromatic rings. The minimum Gasteiger partial charge on any atom is -0.320 e. The summed E-state index contributed by atoms with van der Waals surface area (Å²) in [5.41, 5.74) is -1.52. The highest BCUT2D eigenvalue weighted by Gasteiger charge is 2.48. The molecule has 1 heterocycles. The Bertz CT molecular complexity index is 441. The van der Waals surface area contributed by atoms with E-state index in [0.717, 1.165) is 16.7 Å². The van der Waals surface area contributed by atoms with Crippen LogP contribution in [-0.4, -0.2) is 30.1 Å². The first-order valence-corrected chi connectivity index (χ1v) is 8.22. The van der Waals surface area contributed by atoms with Gasteiger partial charge in [0.2, 0.25) is 0 Å². The van der Waals surface area contributed by atoms with Gasteiger partial charge in [0.1, 0.15) is 0 Å². The fraction of sp³-hybridized carbons (Fsp3) is 0.400. The van der Waals surface area contributed by atoms with Crippen LogP contribution < -0.4 is 5.32 Å². The van der Waals surface area contributed by atoms with Gasteiger partial charge in [-0.15, -0.1) is 0 Å². The van der Waals surface area contributed by atoms with E-state index in [-0.39, 0.29) is 5.13 Å². The first-order chi connectivity index (χ1) is 7.10. The van der Waals surface area contributed by atoms with Crippen molar-refractivity contribution in [3.63, 3.8) is 0 Å². The molecule has 0 spiro atoms. The topological polar surface area (TPSA) is 145 Å². The third-order valence-electron chi connectivity index (χ3n) is 1.62. The summed E-state index contributed by atoms with van der Waals surface area (Å²) in [7, 11) is -9.81. The molecule has 1 aromatic heterocycles. The summed E-state index contributed by atoms with van der Waals surface area (Å²) in [5.74, 6) is 0. The van der Waals surface area contributed by atoms with E-state index < -0.39 is 20.7 Å². The minimum absolute atomic E-state index is 0.175. The van der Waals surface area contributed by atoms with Gasteiger partial charge in [-0.2, -0.15) is 4.98 Å². The maximum absolute atomic E-state index is 10.9. The molecule has 0 saturated heterocycles. The molecule has 16 heavy (non-hydrogen) atoms. The number of hydrogen-bond acceptors (Lipinski definition) is 4. The molecular weight excluding hydrogens is 278 g/mol. The molecule has 6 N–H and O–H groups in total. The minimum atomic E-state index is -4.91. The number of aromatic nitrogens is 1. The Morgan fingerprint density at radius 3 is 2.12 bits per heavy atom. The fourth-order valence-corrected chi connectivity index (χ4v) is 4.16. The normalized spacial score (nSPS) is 13.4. The highest BCUT2D eigenvalue weighted by atomic mass is 32.1. The van der Waals surface area contributed by atoms with Crippen LogP contribution in [0.25, 0.3) is 0 Å². The van der Waals surface area contributed by atoms with Crippen molar-refractivity contribution < 1.29 is 34.0 Å². The van der Waals surface area contributed by atoms with Gasteiger partial charge in [-0.1, -0.05) is 11.3 Å². The molecule has 0 aliphatic rings. The van der Waals surface area contributed by atoms with E-state index in [1.165, 1.54) is 0 Å². The van der Waals surface area contributed by atoms with Crippen molar-refractivity contribution in [2.75, 3.05) is 0 Å². The summed E-state index contributed by atoms with van der Waals surface area (Å²) in [6.45, 7) is 1.66. The van der Waals surface area contributed by atoms with Crippen LogP contribution in [0.4, 0.5) is 5.13 Å². The smallest absolute Gasteiger partial charge is 0.320 e. The molecule has 8 nitrogen and oxygen atoms in total. The van der Waals surface area contributed by atoms with Crippen molar-refractivity contribution in [1.82, 2.24) is 4.98 Å². The Hall–Kier alpha value is -0.110. The maximum atomic E-state index is 10.9. The second-order valence-electron chi connectivity index (χ2n) is 3.09. The standard InChI is InChI=1S/C5H10N2O6P2S/c1-3-2-16-4(6-3)7-5(14(8,9)10)15(11,12)13/h2,5H,1H3,(H,6,7)(H2,8,9,10)(H2,11,12,13)/p+1. The van der Waals surface area contributed by atoms with Gasteiger partial charge < -0.3 is 19.6 Å². The lowest BCUT2D eigenvalue weighted by Gasteiger charge is -2.15. The molecular formula is C5H11N2O6P2S+. The van der Waals surface area contributed by atoms with Gasteiger partial charge in [-0.25, -0.2) is 0 Å². The SMILES string of the molecule is Cc1csc([NH2+]C(P(=O)(O)O)P(=O)(O)O)n1. The van der Waals surface area contributed by atoms with Crippen LogP contribution in [0.1, 0.15) is 5.69 Å². The molecule has 0 unspecified atom stereocenters. The quantitative estimate of drug-likeness (QED) is 0.460. The second kappa shape index (κ2) is 4.64. The molecule has 1 rings (SSSR count). The predicted molar refractivity (Wildman–Crippen MR) is 56.3 cm³/mol. The molecule has 0 aliphatic carbocycles. The number of aryl methyl sites for hydroxylation is 1. The largest absolute Gasteiger partial charge is 0.395 e. The van der Waals surface area contributed by atoms with Gasteiger partial charge in [-0.05, 0) is 6.92 Å². The molecule has 92 valence electrons. The summed E-state index contributed by atoms with van der Waals surface area (Å²) in [6, 6.07) is 0. The molecule has 0 aliphatic heterocycles. The molecule has 11 heteroatoms. The second-order valence-corrected chi connectivity index (χ2v) is 7.85. The van der Waals surface area contributed by atoms with Gasteiger partial charge in [0, 0.05) is 5.38 Å². The third kappa shape index (κ3) is 3.73. The number of nitrogens with zero attached hydrogens (tertiary/aromatic N) is 1. The van der Waals surface area contributed by atoms with Crippen molar-refractivity contribution in [3.05, 3.63) is 11.1 Å². The van der Waals surface area contributed by atoms with Gasteiger partial charge in [0.25, 0.3) is 10.7 Å². The summed E-state index contributed by atoms with van der Waals surface area (Å²) >= 11 is 1.06. The highest BCUT2D eigenvalue weighted by Crippen LogP contribution is 2.56. The molecule has 0 amide bonds. The fourth-order valence-electron chi connectivity index (χ4n) is 0.966. The van der Waals surface area contributed by atoms with Crippen molar-refractivity contribution in [1.29, 1.82) is 0 Å². The van der Waals surface area contributed by atoms with Crippen molar-refractivity contribution >= 4 is 31.7 Å². The number of thiazole rings is 1. The van der Waals surface area contributed by atoms with Crippen LogP contribution in [0.2, 0.25) is 0 Å². The van der Waals surface area contributed by atoms with E-state index in [0.29, 0.717) is 5.69 Å². The van der Waals surface area contributed by atoms with Gasteiger partial charge >= 0.3 is 15.2 Å². The number of quaternary nitrogens is 1. The Balaban J connectivity index is 2.97.